The lowest BCUT2D eigenvalue weighted by molar-refractivity contribution is -0.140. The first-order chi connectivity index (χ1) is 17.5. The summed E-state index contributed by atoms with van der Waals surface area (Å²) < 4.78 is 10.9. The predicted octanol–water partition coefficient (Wildman–Crippen LogP) is 7.19. The molecule has 1 atom stereocenters. The Bertz CT molecular complexity index is 1200. The molecule has 1 N–H and O–H groups in total. The molecule has 0 saturated carbocycles. The Morgan fingerprint density at radius 3 is 2.22 bits per heavy atom. The molecule has 0 saturated heterocycles. The third-order valence-corrected chi connectivity index (χ3v) is 7.83. The third kappa shape index (κ3) is 7.45. The normalized spacial score (nSPS) is 12.2. The van der Waals surface area contributed by atoms with E-state index in [1.54, 1.807) is 0 Å². The summed E-state index contributed by atoms with van der Waals surface area (Å²) in [6.45, 7) is 13.9. The van der Waals surface area contributed by atoms with Crippen molar-refractivity contribution in [2.45, 2.75) is 65.7 Å². The Hall–Kier alpha value is -3.12. The van der Waals surface area contributed by atoms with Crippen LogP contribution in [0.3, 0.4) is 0 Å². The largest absolute Gasteiger partial charge is 0.493 e. The van der Waals surface area contributed by atoms with Gasteiger partial charge in [-0.05, 0) is 77.8 Å². The maximum atomic E-state index is 12.4. The van der Waals surface area contributed by atoms with E-state index >= 15 is 0 Å². The van der Waals surface area contributed by atoms with Gasteiger partial charge in [0.15, 0.2) is 0 Å². The summed E-state index contributed by atoms with van der Waals surface area (Å²) >= 11 is 1.47. The van der Waals surface area contributed by atoms with Gasteiger partial charge in [0.25, 0.3) is 5.91 Å². The average Bonchev–Trinajstić information content (AvgIpc) is 3.34. The molecule has 1 amide bonds. The highest BCUT2D eigenvalue weighted by molar-refractivity contribution is 7.14. The zero-order valence-electron chi connectivity index (χ0n) is 23.1. The smallest absolute Gasteiger partial charge is 0.307 e. The first-order valence-corrected chi connectivity index (χ1v) is 13.6. The Labute approximate surface area is 225 Å². The van der Waals surface area contributed by atoms with Crippen molar-refractivity contribution in [3.63, 3.8) is 0 Å². The molecule has 3 aromatic rings. The molecule has 0 aliphatic carbocycles. The quantitative estimate of drug-likeness (QED) is 0.287. The fraction of sp³-hybridized carbons (Fsp3) is 0.419. The molecular weight excluding hydrogens is 482 g/mol. The maximum absolute atomic E-state index is 12.4. The molecule has 6 heteroatoms. The number of aryl methyl sites for hydroxylation is 2. The summed E-state index contributed by atoms with van der Waals surface area (Å²) in [6.07, 6.45) is 1.06. The molecule has 0 radical (unpaired) electrons. The summed E-state index contributed by atoms with van der Waals surface area (Å²) in [5.41, 5.74) is 6.31. The number of carbonyl (C=O) groups excluding carboxylic acids is 2. The second-order valence-corrected chi connectivity index (χ2v) is 11.6. The van der Waals surface area contributed by atoms with E-state index in [1.807, 2.05) is 12.1 Å². The number of nitrogens with one attached hydrogen (secondary N) is 1. The number of carbonyl (C=O) groups is 2. The fourth-order valence-corrected chi connectivity index (χ4v) is 5.45. The number of hydrogen-bond acceptors (Lipinski definition) is 5. The monoisotopic (exact) mass is 521 g/mol. The standard InChI is InChI=1S/C31H39NO4S/c1-8-22(26-13-14-27(37-26)30(34)32-16-15-28(33)35-7)19-36-25-17-20(2)29(21(3)18-25)23-9-11-24(12-10-23)31(4,5)6/h9-14,17-18,22H,8,15-16,19H2,1-7H3,(H,32,34). The van der Waals surface area contributed by atoms with Gasteiger partial charge in [-0.1, -0.05) is 52.0 Å². The molecule has 0 aliphatic rings. The molecule has 1 aromatic heterocycles. The lowest BCUT2D eigenvalue weighted by Gasteiger charge is -2.20. The van der Waals surface area contributed by atoms with Crippen LogP contribution in [0.25, 0.3) is 11.1 Å². The predicted molar refractivity (Wildman–Crippen MR) is 152 cm³/mol. The SMILES string of the molecule is CCC(COc1cc(C)c(-c2ccc(C(C)(C)C)cc2)c(C)c1)c1ccc(C(=O)NCCC(=O)OC)s1. The number of methoxy groups -OCH3 is 1. The van der Waals surface area contributed by atoms with Crippen molar-refractivity contribution in [2.75, 3.05) is 20.3 Å². The highest BCUT2D eigenvalue weighted by atomic mass is 32.1. The summed E-state index contributed by atoms with van der Waals surface area (Å²) in [5.74, 6) is 0.535. The van der Waals surface area contributed by atoms with E-state index in [-0.39, 0.29) is 36.2 Å². The summed E-state index contributed by atoms with van der Waals surface area (Å²) in [4.78, 5) is 25.4. The van der Waals surface area contributed by atoms with Crippen LogP contribution >= 0.6 is 11.3 Å². The second kappa shape index (κ2) is 12.4. The van der Waals surface area contributed by atoms with Crippen LogP contribution in [0.1, 0.15) is 77.7 Å². The lowest BCUT2D eigenvalue weighted by atomic mass is 9.85. The van der Waals surface area contributed by atoms with Gasteiger partial charge in [-0.25, -0.2) is 0 Å². The van der Waals surface area contributed by atoms with Crippen LogP contribution in [-0.2, 0) is 14.9 Å². The molecule has 2 aromatic carbocycles. The number of benzene rings is 2. The van der Waals surface area contributed by atoms with Gasteiger partial charge < -0.3 is 14.8 Å². The zero-order chi connectivity index (χ0) is 27.2. The van der Waals surface area contributed by atoms with Crippen LogP contribution in [0.5, 0.6) is 5.75 Å². The van der Waals surface area contributed by atoms with Crippen molar-refractivity contribution in [3.8, 4) is 16.9 Å². The summed E-state index contributed by atoms with van der Waals surface area (Å²) in [6, 6.07) is 16.9. The van der Waals surface area contributed by atoms with Gasteiger partial charge in [-0.3, -0.25) is 9.59 Å². The molecule has 5 nitrogen and oxygen atoms in total. The number of hydrogen-bond donors (Lipinski definition) is 1. The van der Waals surface area contributed by atoms with Crippen LogP contribution < -0.4 is 10.1 Å². The van der Waals surface area contributed by atoms with Crippen LogP contribution in [0.2, 0.25) is 0 Å². The van der Waals surface area contributed by atoms with Gasteiger partial charge in [-0.2, -0.15) is 0 Å². The third-order valence-electron chi connectivity index (χ3n) is 6.59. The van der Waals surface area contributed by atoms with Crippen molar-refractivity contribution < 1.29 is 19.1 Å². The molecule has 37 heavy (non-hydrogen) atoms. The average molecular weight is 522 g/mol. The Kier molecular flexibility index (Phi) is 9.55. The Balaban J connectivity index is 1.65. The van der Waals surface area contributed by atoms with Gasteiger partial charge in [0.1, 0.15) is 5.75 Å². The number of esters is 1. The molecular formula is C31H39NO4S. The van der Waals surface area contributed by atoms with Crippen LogP contribution in [0.15, 0.2) is 48.5 Å². The van der Waals surface area contributed by atoms with Crippen LogP contribution in [-0.4, -0.2) is 32.1 Å². The van der Waals surface area contributed by atoms with Crippen molar-refractivity contribution in [2.24, 2.45) is 0 Å². The molecule has 0 spiro atoms. The van der Waals surface area contributed by atoms with E-state index in [0.29, 0.717) is 11.5 Å². The van der Waals surface area contributed by atoms with E-state index in [1.165, 1.54) is 46.3 Å². The fourth-order valence-electron chi connectivity index (χ4n) is 4.36. The number of ether oxygens (including phenoxy) is 2. The maximum Gasteiger partial charge on any atom is 0.307 e. The van der Waals surface area contributed by atoms with Crippen molar-refractivity contribution >= 4 is 23.2 Å². The van der Waals surface area contributed by atoms with Gasteiger partial charge in [0, 0.05) is 17.3 Å². The van der Waals surface area contributed by atoms with Gasteiger partial charge >= 0.3 is 5.97 Å². The minimum atomic E-state index is -0.340. The minimum absolute atomic E-state index is 0.133. The van der Waals surface area contributed by atoms with Gasteiger partial charge in [0.2, 0.25) is 0 Å². The van der Waals surface area contributed by atoms with E-state index < -0.39 is 0 Å². The van der Waals surface area contributed by atoms with Crippen LogP contribution in [0, 0.1) is 13.8 Å². The molecule has 0 fully saturated rings. The molecule has 3 rings (SSSR count). The van der Waals surface area contributed by atoms with E-state index in [4.69, 9.17) is 4.74 Å². The highest BCUT2D eigenvalue weighted by Crippen LogP contribution is 2.34. The van der Waals surface area contributed by atoms with E-state index in [0.717, 1.165) is 17.0 Å². The van der Waals surface area contributed by atoms with Gasteiger partial charge in [0.05, 0.1) is 25.0 Å². The molecule has 1 heterocycles. The molecule has 0 aliphatic heterocycles. The van der Waals surface area contributed by atoms with E-state index in [9.17, 15) is 9.59 Å². The zero-order valence-corrected chi connectivity index (χ0v) is 23.9. The lowest BCUT2D eigenvalue weighted by Crippen LogP contribution is -2.25. The van der Waals surface area contributed by atoms with E-state index in [2.05, 4.69) is 88.0 Å². The Morgan fingerprint density at radius 2 is 1.65 bits per heavy atom. The number of amides is 1. The summed E-state index contributed by atoms with van der Waals surface area (Å²) in [7, 11) is 1.34. The van der Waals surface area contributed by atoms with Crippen molar-refractivity contribution in [1.82, 2.24) is 5.32 Å². The van der Waals surface area contributed by atoms with Crippen molar-refractivity contribution in [1.29, 1.82) is 0 Å². The molecule has 198 valence electrons. The summed E-state index contributed by atoms with van der Waals surface area (Å²) in [5, 5.41) is 2.77. The first kappa shape index (κ1) is 28.5. The number of rotatable bonds is 10. The first-order valence-electron chi connectivity index (χ1n) is 12.8. The minimum Gasteiger partial charge on any atom is -0.493 e. The molecule has 1 unspecified atom stereocenters. The molecule has 0 bridgehead atoms. The van der Waals surface area contributed by atoms with Crippen LogP contribution in [0.4, 0.5) is 0 Å². The Morgan fingerprint density at radius 1 is 1.00 bits per heavy atom. The second-order valence-electron chi connectivity index (χ2n) is 10.5. The number of thiophene rings is 1. The topological polar surface area (TPSA) is 64.6 Å². The highest BCUT2D eigenvalue weighted by Gasteiger charge is 2.18. The van der Waals surface area contributed by atoms with Crippen molar-refractivity contribution in [3.05, 3.63) is 75.0 Å². The van der Waals surface area contributed by atoms with Gasteiger partial charge in [-0.15, -0.1) is 11.3 Å².